The summed E-state index contributed by atoms with van der Waals surface area (Å²) in [6.45, 7) is 3.23. The van der Waals surface area contributed by atoms with Crippen molar-refractivity contribution in [1.29, 1.82) is 0 Å². The summed E-state index contributed by atoms with van der Waals surface area (Å²) in [5.74, 6) is 0.404. The minimum atomic E-state index is -0.508. The number of piperidine rings is 2. The SMILES string of the molecule is O=C(CC1CCCC1)N1CC[C@H]2[C@H](CCCN2Cc2cc(F)cc(F)c2)C1. The monoisotopic (exact) mass is 376 g/mol. The number of amides is 1. The third kappa shape index (κ3) is 4.50. The quantitative estimate of drug-likeness (QED) is 0.780. The Balaban J connectivity index is 1.36. The molecule has 3 aliphatic rings. The van der Waals surface area contributed by atoms with Crippen molar-refractivity contribution in [2.45, 2.75) is 64.0 Å². The lowest BCUT2D eigenvalue weighted by molar-refractivity contribution is -0.136. The first-order chi connectivity index (χ1) is 13.1. The molecule has 0 radical (unpaired) electrons. The lowest BCUT2D eigenvalue weighted by atomic mass is 9.83. The van der Waals surface area contributed by atoms with Gasteiger partial charge < -0.3 is 4.90 Å². The van der Waals surface area contributed by atoms with Crippen LogP contribution >= 0.6 is 0 Å². The van der Waals surface area contributed by atoms with Gasteiger partial charge >= 0.3 is 0 Å². The third-order valence-corrected chi connectivity index (χ3v) is 6.78. The van der Waals surface area contributed by atoms with Gasteiger partial charge in [0.15, 0.2) is 0 Å². The fraction of sp³-hybridized carbons (Fsp3) is 0.682. The Labute approximate surface area is 160 Å². The number of nitrogens with zero attached hydrogens (tertiary/aromatic N) is 2. The van der Waals surface area contributed by atoms with E-state index in [4.69, 9.17) is 0 Å². The van der Waals surface area contributed by atoms with Crippen LogP contribution < -0.4 is 0 Å². The number of hydrogen-bond acceptors (Lipinski definition) is 2. The van der Waals surface area contributed by atoms with E-state index in [1.54, 1.807) is 0 Å². The molecule has 2 heterocycles. The molecule has 3 nitrogen and oxygen atoms in total. The molecule has 148 valence electrons. The van der Waals surface area contributed by atoms with E-state index in [1.807, 2.05) is 0 Å². The molecule has 1 saturated carbocycles. The zero-order chi connectivity index (χ0) is 18.8. The summed E-state index contributed by atoms with van der Waals surface area (Å²) in [7, 11) is 0. The summed E-state index contributed by atoms with van der Waals surface area (Å²) in [5.41, 5.74) is 0.702. The van der Waals surface area contributed by atoms with Crippen LogP contribution in [0, 0.1) is 23.5 Å². The number of carbonyl (C=O) groups is 1. The van der Waals surface area contributed by atoms with E-state index in [0.717, 1.165) is 51.4 Å². The van der Waals surface area contributed by atoms with Crippen molar-refractivity contribution in [3.63, 3.8) is 0 Å². The Morgan fingerprint density at radius 3 is 2.44 bits per heavy atom. The number of fused-ring (bicyclic) bond motifs is 1. The molecule has 1 aromatic carbocycles. The summed E-state index contributed by atoms with van der Waals surface area (Å²) in [4.78, 5) is 17.2. The van der Waals surface area contributed by atoms with E-state index in [2.05, 4.69) is 9.80 Å². The molecular weight excluding hydrogens is 346 g/mol. The number of carbonyl (C=O) groups excluding carboxylic acids is 1. The van der Waals surface area contributed by atoms with Crippen molar-refractivity contribution in [3.8, 4) is 0 Å². The molecule has 2 atom stereocenters. The van der Waals surface area contributed by atoms with Gasteiger partial charge in [-0.05, 0) is 68.2 Å². The van der Waals surface area contributed by atoms with Crippen LogP contribution in [0.1, 0.15) is 56.9 Å². The van der Waals surface area contributed by atoms with Gasteiger partial charge in [0, 0.05) is 38.2 Å². The highest BCUT2D eigenvalue weighted by molar-refractivity contribution is 5.76. The molecule has 27 heavy (non-hydrogen) atoms. The van der Waals surface area contributed by atoms with E-state index in [1.165, 1.54) is 37.8 Å². The van der Waals surface area contributed by atoms with Crippen LogP contribution in [0.3, 0.4) is 0 Å². The standard InChI is InChI=1S/C22H30F2N2O/c23-19-10-17(11-20(24)13-19)14-25-8-3-6-18-15-26(9-7-21(18)25)22(27)12-16-4-1-2-5-16/h10-11,13,16,18,21H,1-9,12,14-15H2/t18-,21+/m1/s1. The van der Waals surface area contributed by atoms with Crippen molar-refractivity contribution in [2.75, 3.05) is 19.6 Å². The first-order valence-corrected chi connectivity index (χ1v) is 10.6. The van der Waals surface area contributed by atoms with Gasteiger partial charge in [-0.1, -0.05) is 12.8 Å². The summed E-state index contributed by atoms with van der Waals surface area (Å²) >= 11 is 0. The van der Waals surface area contributed by atoms with E-state index in [0.29, 0.717) is 35.9 Å². The van der Waals surface area contributed by atoms with Crippen LogP contribution in [-0.4, -0.2) is 41.4 Å². The smallest absolute Gasteiger partial charge is 0.222 e. The maximum atomic E-state index is 13.5. The summed E-state index contributed by atoms with van der Waals surface area (Å²) < 4.78 is 27.0. The summed E-state index contributed by atoms with van der Waals surface area (Å²) in [6, 6.07) is 4.22. The predicted octanol–water partition coefficient (Wildman–Crippen LogP) is 4.36. The molecule has 3 fully saturated rings. The van der Waals surface area contributed by atoms with Crippen molar-refractivity contribution in [3.05, 3.63) is 35.4 Å². The van der Waals surface area contributed by atoms with Gasteiger partial charge in [0.2, 0.25) is 5.91 Å². The average Bonchev–Trinajstić information content (AvgIpc) is 3.13. The Bertz CT molecular complexity index is 654. The second-order valence-electron chi connectivity index (χ2n) is 8.70. The maximum absolute atomic E-state index is 13.5. The van der Waals surface area contributed by atoms with Gasteiger partial charge in [-0.3, -0.25) is 9.69 Å². The van der Waals surface area contributed by atoms with Crippen LogP contribution in [-0.2, 0) is 11.3 Å². The van der Waals surface area contributed by atoms with Gasteiger partial charge in [-0.2, -0.15) is 0 Å². The van der Waals surface area contributed by atoms with E-state index in [9.17, 15) is 13.6 Å². The molecule has 0 aromatic heterocycles. The molecule has 1 amide bonds. The number of benzene rings is 1. The van der Waals surface area contributed by atoms with Crippen LogP contribution in [0.15, 0.2) is 18.2 Å². The van der Waals surface area contributed by atoms with E-state index < -0.39 is 11.6 Å². The van der Waals surface area contributed by atoms with E-state index in [-0.39, 0.29) is 0 Å². The maximum Gasteiger partial charge on any atom is 0.222 e. The molecule has 0 N–H and O–H groups in total. The van der Waals surface area contributed by atoms with Gasteiger partial charge in [0.25, 0.3) is 0 Å². The fourth-order valence-electron chi connectivity index (χ4n) is 5.46. The zero-order valence-electron chi connectivity index (χ0n) is 16.0. The van der Waals surface area contributed by atoms with Crippen LogP contribution in [0.2, 0.25) is 0 Å². The second kappa shape index (κ2) is 8.26. The first-order valence-electron chi connectivity index (χ1n) is 10.6. The first kappa shape index (κ1) is 18.9. The molecule has 2 aliphatic heterocycles. The van der Waals surface area contributed by atoms with Crippen molar-refractivity contribution < 1.29 is 13.6 Å². The normalized spacial score (nSPS) is 27.0. The topological polar surface area (TPSA) is 23.6 Å². The Morgan fingerprint density at radius 2 is 1.70 bits per heavy atom. The lowest BCUT2D eigenvalue weighted by Gasteiger charge is -2.47. The molecular formula is C22H30F2N2O. The molecule has 2 saturated heterocycles. The highest BCUT2D eigenvalue weighted by atomic mass is 19.1. The zero-order valence-corrected chi connectivity index (χ0v) is 16.0. The van der Waals surface area contributed by atoms with Crippen LogP contribution in [0.25, 0.3) is 0 Å². The Hall–Kier alpha value is -1.49. The highest BCUT2D eigenvalue weighted by Crippen LogP contribution is 2.33. The van der Waals surface area contributed by atoms with Crippen molar-refractivity contribution in [2.24, 2.45) is 11.8 Å². The summed E-state index contributed by atoms with van der Waals surface area (Å²) in [6.07, 6.45) is 8.90. The van der Waals surface area contributed by atoms with Gasteiger partial charge in [0.1, 0.15) is 11.6 Å². The van der Waals surface area contributed by atoms with Crippen LogP contribution in [0.4, 0.5) is 8.78 Å². The minimum Gasteiger partial charge on any atom is -0.342 e. The van der Waals surface area contributed by atoms with Crippen molar-refractivity contribution >= 4 is 5.91 Å². The number of likely N-dealkylation sites (tertiary alicyclic amines) is 2. The molecule has 5 heteroatoms. The number of halogens is 2. The van der Waals surface area contributed by atoms with Gasteiger partial charge in [-0.15, -0.1) is 0 Å². The number of rotatable bonds is 4. The third-order valence-electron chi connectivity index (χ3n) is 6.78. The van der Waals surface area contributed by atoms with E-state index >= 15 is 0 Å². The van der Waals surface area contributed by atoms with Gasteiger partial charge in [-0.25, -0.2) is 8.78 Å². The molecule has 0 bridgehead atoms. The second-order valence-corrected chi connectivity index (χ2v) is 8.70. The lowest BCUT2D eigenvalue weighted by Crippen LogP contribution is -2.54. The molecule has 0 unspecified atom stereocenters. The molecule has 4 rings (SSSR count). The predicted molar refractivity (Wildman–Crippen MR) is 101 cm³/mol. The molecule has 1 aromatic rings. The average molecular weight is 376 g/mol. The van der Waals surface area contributed by atoms with Gasteiger partial charge in [0.05, 0.1) is 0 Å². The Morgan fingerprint density at radius 1 is 0.963 bits per heavy atom. The highest BCUT2D eigenvalue weighted by Gasteiger charge is 2.37. The van der Waals surface area contributed by atoms with Crippen LogP contribution in [0.5, 0.6) is 0 Å². The fourth-order valence-corrected chi connectivity index (χ4v) is 5.46. The Kier molecular flexibility index (Phi) is 5.76. The molecule has 1 aliphatic carbocycles. The molecule has 0 spiro atoms. The largest absolute Gasteiger partial charge is 0.342 e. The van der Waals surface area contributed by atoms with Crippen molar-refractivity contribution in [1.82, 2.24) is 9.80 Å². The minimum absolute atomic E-state index is 0.338. The summed E-state index contributed by atoms with van der Waals surface area (Å²) in [5, 5.41) is 0. The number of hydrogen-bond donors (Lipinski definition) is 0.